The maximum Gasteiger partial charge on any atom is 0.0679 e. The van der Waals surface area contributed by atoms with Crippen LogP contribution < -0.4 is 5.73 Å². The summed E-state index contributed by atoms with van der Waals surface area (Å²) in [7, 11) is 0. The fraction of sp³-hybridized carbons (Fsp3) is 0.455. The second-order valence-corrected chi connectivity index (χ2v) is 4.84. The third-order valence-corrected chi connectivity index (χ3v) is 3.53. The predicted octanol–water partition coefficient (Wildman–Crippen LogP) is 1.60. The Balaban J connectivity index is 2.10. The summed E-state index contributed by atoms with van der Waals surface area (Å²) in [6.07, 6.45) is 0.693. The van der Waals surface area contributed by atoms with Crippen LogP contribution in [0.15, 0.2) is 22.7 Å². The summed E-state index contributed by atoms with van der Waals surface area (Å²) >= 11 is 3.50. The number of nitrogens with two attached hydrogens (primary N) is 1. The van der Waals surface area contributed by atoms with E-state index in [0.717, 1.165) is 41.8 Å². The minimum atomic E-state index is -0.172. The predicted molar refractivity (Wildman–Crippen MR) is 64.5 cm³/mol. The molecule has 1 aromatic rings. The van der Waals surface area contributed by atoms with Crippen LogP contribution in [0.25, 0.3) is 0 Å². The van der Waals surface area contributed by atoms with Crippen LogP contribution in [0.2, 0.25) is 0 Å². The van der Waals surface area contributed by atoms with E-state index < -0.39 is 0 Å². The number of aliphatic hydroxyl groups excluding tert-OH is 1. The smallest absolute Gasteiger partial charge is 0.0679 e. The van der Waals surface area contributed by atoms with Gasteiger partial charge in [0.05, 0.1) is 6.10 Å². The number of hydrogen-bond acceptors (Lipinski definition) is 3. The van der Waals surface area contributed by atoms with Gasteiger partial charge >= 0.3 is 0 Å². The van der Waals surface area contributed by atoms with Crippen molar-refractivity contribution in [2.75, 3.05) is 18.8 Å². The number of likely N-dealkylation sites (tertiary alicyclic amines) is 1. The van der Waals surface area contributed by atoms with Gasteiger partial charge < -0.3 is 10.8 Å². The summed E-state index contributed by atoms with van der Waals surface area (Å²) in [5, 5.41) is 9.43. The Morgan fingerprint density at radius 1 is 1.53 bits per heavy atom. The zero-order valence-corrected chi connectivity index (χ0v) is 10.1. The Hall–Kier alpha value is -0.580. The Morgan fingerprint density at radius 3 is 2.93 bits per heavy atom. The molecule has 1 unspecified atom stereocenters. The Kier molecular flexibility index (Phi) is 3.29. The van der Waals surface area contributed by atoms with E-state index in [1.54, 1.807) is 0 Å². The van der Waals surface area contributed by atoms with Gasteiger partial charge in [0, 0.05) is 35.4 Å². The van der Waals surface area contributed by atoms with Crippen molar-refractivity contribution < 1.29 is 5.11 Å². The van der Waals surface area contributed by atoms with Crippen molar-refractivity contribution >= 4 is 21.6 Å². The van der Waals surface area contributed by atoms with E-state index in [1.807, 2.05) is 18.2 Å². The largest absolute Gasteiger partial charge is 0.398 e. The fourth-order valence-electron chi connectivity index (χ4n) is 1.92. The van der Waals surface area contributed by atoms with E-state index in [2.05, 4.69) is 20.8 Å². The molecule has 1 saturated heterocycles. The van der Waals surface area contributed by atoms with Crippen molar-refractivity contribution in [2.24, 2.45) is 0 Å². The standard InChI is InChI=1S/C11H15BrN2O/c12-10-2-1-3-11(13)9(10)7-14-5-4-8(15)6-14/h1-3,8,15H,4-7,13H2. The molecule has 1 fully saturated rings. The van der Waals surface area contributed by atoms with Gasteiger partial charge in [0.1, 0.15) is 0 Å². The topological polar surface area (TPSA) is 49.5 Å². The lowest BCUT2D eigenvalue weighted by Crippen LogP contribution is -2.22. The molecular weight excluding hydrogens is 256 g/mol. The highest BCUT2D eigenvalue weighted by Gasteiger charge is 2.21. The third-order valence-electron chi connectivity index (χ3n) is 2.78. The van der Waals surface area contributed by atoms with Gasteiger partial charge in [-0.2, -0.15) is 0 Å². The lowest BCUT2D eigenvalue weighted by Gasteiger charge is -2.17. The number of anilines is 1. The van der Waals surface area contributed by atoms with Crippen LogP contribution >= 0.6 is 15.9 Å². The molecule has 1 atom stereocenters. The molecule has 0 bridgehead atoms. The number of halogens is 1. The lowest BCUT2D eigenvalue weighted by molar-refractivity contribution is 0.175. The van der Waals surface area contributed by atoms with E-state index in [4.69, 9.17) is 5.73 Å². The molecule has 0 amide bonds. The summed E-state index contributed by atoms with van der Waals surface area (Å²) in [5.74, 6) is 0. The van der Waals surface area contributed by atoms with Crippen LogP contribution in [-0.2, 0) is 6.54 Å². The number of rotatable bonds is 2. The quantitative estimate of drug-likeness (QED) is 0.803. The number of aliphatic hydroxyl groups is 1. The van der Waals surface area contributed by atoms with Gasteiger partial charge in [0.15, 0.2) is 0 Å². The normalized spacial score (nSPS) is 22.1. The van der Waals surface area contributed by atoms with Gasteiger partial charge in [0.25, 0.3) is 0 Å². The van der Waals surface area contributed by atoms with Crippen molar-refractivity contribution in [1.82, 2.24) is 4.90 Å². The molecule has 1 heterocycles. The summed E-state index contributed by atoms with van der Waals surface area (Å²) < 4.78 is 1.05. The summed E-state index contributed by atoms with van der Waals surface area (Å²) in [5.41, 5.74) is 7.84. The molecular formula is C11H15BrN2O. The second-order valence-electron chi connectivity index (χ2n) is 3.99. The van der Waals surface area contributed by atoms with Gasteiger partial charge in [-0.3, -0.25) is 4.90 Å². The number of β-amino-alcohol motifs (C(OH)–C–C–N with tert-alkyl or cyclic N) is 1. The van der Waals surface area contributed by atoms with Crippen LogP contribution in [0.5, 0.6) is 0 Å². The molecule has 4 heteroatoms. The minimum absolute atomic E-state index is 0.172. The van der Waals surface area contributed by atoms with Gasteiger partial charge in [-0.25, -0.2) is 0 Å². The Morgan fingerprint density at radius 2 is 2.33 bits per heavy atom. The molecule has 82 valence electrons. The Labute approximate surface area is 98.0 Å². The van der Waals surface area contributed by atoms with E-state index in [-0.39, 0.29) is 6.10 Å². The van der Waals surface area contributed by atoms with Gasteiger partial charge in [-0.15, -0.1) is 0 Å². The minimum Gasteiger partial charge on any atom is -0.398 e. The van der Waals surface area contributed by atoms with Crippen molar-refractivity contribution in [3.63, 3.8) is 0 Å². The van der Waals surface area contributed by atoms with Crippen LogP contribution in [0.1, 0.15) is 12.0 Å². The number of benzene rings is 1. The van der Waals surface area contributed by atoms with Crippen molar-refractivity contribution in [2.45, 2.75) is 19.1 Å². The van der Waals surface area contributed by atoms with Gasteiger partial charge in [-0.1, -0.05) is 22.0 Å². The molecule has 0 aliphatic carbocycles. The molecule has 1 aromatic carbocycles. The first kappa shape index (κ1) is 10.9. The highest BCUT2D eigenvalue weighted by molar-refractivity contribution is 9.10. The van der Waals surface area contributed by atoms with E-state index in [0.29, 0.717) is 0 Å². The maximum absolute atomic E-state index is 9.43. The summed E-state index contributed by atoms with van der Waals surface area (Å²) in [6.45, 7) is 2.51. The maximum atomic E-state index is 9.43. The molecule has 3 nitrogen and oxygen atoms in total. The first-order valence-corrected chi connectivity index (χ1v) is 5.89. The van der Waals surface area contributed by atoms with Crippen molar-refractivity contribution in [3.8, 4) is 0 Å². The molecule has 3 N–H and O–H groups in total. The third kappa shape index (κ3) is 2.51. The van der Waals surface area contributed by atoms with Gasteiger partial charge in [0.2, 0.25) is 0 Å². The second kappa shape index (κ2) is 4.51. The number of nitrogens with zero attached hydrogens (tertiary/aromatic N) is 1. The van der Waals surface area contributed by atoms with E-state index in [9.17, 15) is 5.11 Å². The molecule has 15 heavy (non-hydrogen) atoms. The molecule has 0 spiro atoms. The molecule has 0 aromatic heterocycles. The van der Waals surface area contributed by atoms with Crippen molar-refractivity contribution in [1.29, 1.82) is 0 Å². The zero-order chi connectivity index (χ0) is 10.8. The average molecular weight is 271 g/mol. The lowest BCUT2D eigenvalue weighted by atomic mass is 10.2. The summed E-state index contributed by atoms with van der Waals surface area (Å²) in [4.78, 5) is 2.22. The highest BCUT2D eigenvalue weighted by Crippen LogP contribution is 2.25. The monoisotopic (exact) mass is 270 g/mol. The van der Waals surface area contributed by atoms with Crippen LogP contribution in [0.4, 0.5) is 5.69 Å². The van der Waals surface area contributed by atoms with Crippen LogP contribution in [0, 0.1) is 0 Å². The number of nitrogen functional groups attached to an aromatic ring is 1. The first-order chi connectivity index (χ1) is 7.16. The molecule has 0 radical (unpaired) electrons. The summed E-state index contributed by atoms with van der Waals surface area (Å²) in [6, 6.07) is 5.84. The van der Waals surface area contributed by atoms with E-state index in [1.165, 1.54) is 0 Å². The molecule has 1 aliphatic heterocycles. The first-order valence-electron chi connectivity index (χ1n) is 5.10. The SMILES string of the molecule is Nc1cccc(Br)c1CN1CCC(O)C1. The van der Waals surface area contributed by atoms with Crippen LogP contribution in [0.3, 0.4) is 0 Å². The van der Waals surface area contributed by atoms with Gasteiger partial charge in [-0.05, 0) is 18.6 Å². The van der Waals surface area contributed by atoms with Crippen LogP contribution in [-0.4, -0.2) is 29.2 Å². The Bertz CT molecular complexity index is 336. The molecule has 0 saturated carbocycles. The van der Waals surface area contributed by atoms with E-state index >= 15 is 0 Å². The molecule has 1 aliphatic rings. The van der Waals surface area contributed by atoms with Crippen molar-refractivity contribution in [3.05, 3.63) is 28.2 Å². The number of hydrogen-bond donors (Lipinski definition) is 2. The highest BCUT2D eigenvalue weighted by atomic mass is 79.9. The zero-order valence-electron chi connectivity index (χ0n) is 8.49. The fourth-order valence-corrected chi connectivity index (χ4v) is 2.43. The average Bonchev–Trinajstić information content (AvgIpc) is 2.58. The molecule has 2 rings (SSSR count).